The van der Waals surface area contributed by atoms with Gasteiger partial charge in [-0.2, -0.15) is 0 Å². The third-order valence-electron chi connectivity index (χ3n) is 5.09. The first-order valence-electron chi connectivity index (χ1n) is 8.12. The van der Waals surface area contributed by atoms with Gasteiger partial charge in [0.25, 0.3) is 0 Å². The van der Waals surface area contributed by atoms with Gasteiger partial charge < -0.3 is 15.5 Å². The zero-order chi connectivity index (χ0) is 14.8. The van der Waals surface area contributed by atoms with E-state index < -0.39 is 0 Å². The number of fused-ring (bicyclic) bond motifs is 1. The van der Waals surface area contributed by atoms with Crippen molar-refractivity contribution in [3.05, 3.63) is 29.6 Å². The van der Waals surface area contributed by atoms with Crippen LogP contribution in [0.2, 0.25) is 0 Å². The van der Waals surface area contributed by atoms with E-state index in [4.69, 9.17) is 5.73 Å². The fourth-order valence-electron chi connectivity index (χ4n) is 4.01. The van der Waals surface area contributed by atoms with Crippen LogP contribution in [0.15, 0.2) is 18.2 Å². The van der Waals surface area contributed by atoms with Gasteiger partial charge in [0.15, 0.2) is 0 Å². The second-order valence-electron chi connectivity index (χ2n) is 6.54. The molecule has 2 heterocycles. The van der Waals surface area contributed by atoms with Crippen LogP contribution in [0.3, 0.4) is 0 Å². The van der Waals surface area contributed by atoms with Crippen LogP contribution in [0.5, 0.6) is 0 Å². The van der Waals surface area contributed by atoms with Gasteiger partial charge in [0, 0.05) is 24.8 Å². The molecule has 2 aliphatic heterocycles. The summed E-state index contributed by atoms with van der Waals surface area (Å²) < 4.78 is 13.8. The monoisotopic (exact) mass is 291 g/mol. The van der Waals surface area contributed by atoms with Crippen LogP contribution >= 0.6 is 0 Å². The van der Waals surface area contributed by atoms with E-state index in [2.05, 4.69) is 22.9 Å². The molecule has 2 unspecified atom stereocenters. The molecule has 1 aromatic rings. The highest BCUT2D eigenvalue weighted by molar-refractivity contribution is 5.50. The maximum Gasteiger partial charge on any atom is 0.125 e. The largest absolute Gasteiger partial charge is 0.371 e. The lowest BCUT2D eigenvalue weighted by Gasteiger charge is -2.46. The zero-order valence-electron chi connectivity index (χ0n) is 12.9. The number of piperidine rings is 2. The van der Waals surface area contributed by atoms with Gasteiger partial charge in [-0.25, -0.2) is 4.39 Å². The van der Waals surface area contributed by atoms with Crippen molar-refractivity contribution in [1.29, 1.82) is 0 Å². The molecule has 116 valence electrons. The van der Waals surface area contributed by atoms with Gasteiger partial charge in [0.2, 0.25) is 0 Å². The predicted octanol–water partition coefficient (Wildman–Crippen LogP) is 2.25. The summed E-state index contributed by atoms with van der Waals surface area (Å²) in [7, 11) is 2.24. The molecule has 2 N–H and O–H groups in total. The zero-order valence-corrected chi connectivity index (χ0v) is 12.9. The summed E-state index contributed by atoms with van der Waals surface area (Å²) in [6.45, 7) is 3.87. The Balaban J connectivity index is 1.75. The molecule has 0 saturated carbocycles. The summed E-state index contributed by atoms with van der Waals surface area (Å²) in [6.07, 6.45) is 4.51. The van der Waals surface area contributed by atoms with Crippen LogP contribution in [-0.2, 0) is 6.42 Å². The van der Waals surface area contributed by atoms with E-state index in [-0.39, 0.29) is 5.82 Å². The molecule has 21 heavy (non-hydrogen) atoms. The highest BCUT2D eigenvalue weighted by atomic mass is 19.1. The van der Waals surface area contributed by atoms with Crippen LogP contribution in [-0.4, -0.2) is 44.2 Å². The van der Waals surface area contributed by atoms with Crippen molar-refractivity contribution in [1.82, 2.24) is 4.90 Å². The van der Waals surface area contributed by atoms with E-state index in [0.717, 1.165) is 36.7 Å². The lowest BCUT2D eigenvalue weighted by atomic mass is 9.84. The molecule has 2 atom stereocenters. The summed E-state index contributed by atoms with van der Waals surface area (Å²) in [6, 6.07) is 6.11. The Bertz CT molecular complexity index is 491. The van der Waals surface area contributed by atoms with Crippen LogP contribution < -0.4 is 10.6 Å². The molecule has 0 bridgehead atoms. The fourth-order valence-corrected chi connectivity index (χ4v) is 4.01. The van der Waals surface area contributed by atoms with E-state index in [1.807, 2.05) is 0 Å². The quantitative estimate of drug-likeness (QED) is 0.927. The van der Waals surface area contributed by atoms with Crippen molar-refractivity contribution >= 4 is 5.69 Å². The fraction of sp³-hybridized carbons (Fsp3) is 0.647. The molecule has 1 aromatic carbocycles. The second-order valence-corrected chi connectivity index (χ2v) is 6.54. The lowest BCUT2D eigenvalue weighted by Crippen LogP contribution is -2.52. The minimum absolute atomic E-state index is 0.140. The highest BCUT2D eigenvalue weighted by Crippen LogP contribution is 2.32. The Morgan fingerprint density at radius 2 is 2.10 bits per heavy atom. The summed E-state index contributed by atoms with van der Waals surface area (Å²) in [4.78, 5) is 4.88. The van der Waals surface area contributed by atoms with Gasteiger partial charge in [0.1, 0.15) is 5.82 Å². The SMILES string of the molecule is CN1CCCC2CN(c3cc(F)cc(CCN)c3)CCC21. The summed E-state index contributed by atoms with van der Waals surface area (Å²) >= 11 is 0. The van der Waals surface area contributed by atoms with E-state index in [0.29, 0.717) is 12.6 Å². The number of anilines is 1. The number of benzene rings is 1. The highest BCUT2D eigenvalue weighted by Gasteiger charge is 2.34. The van der Waals surface area contributed by atoms with Gasteiger partial charge in [-0.1, -0.05) is 0 Å². The predicted molar refractivity (Wildman–Crippen MR) is 85.1 cm³/mol. The Kier molecular flexibility index (Phi) is 4.45. The summed E-state index contributed by atoms with van der Waals surface area (Å²) in [5, 5.41) is 0. The molecule has 0 amide bonds. The third-order valence-corrected chi connectivity index (χ3v) is 5.09. The molecular weight excluding hydrogens is 265 g/mol. The topological polar surface area (TPSA) is 32.5 Å². The minimum Gasteiger partial charge on any atom is -0.371 e. The Labute approximate surface area is 126 Å². The maximum atomic E-state index is 13.8. The van der Waals surface area contributed by atoms with Crippen molar-refractivity contribution in [2.75, 3.05) is 38.1 Å². The summed E-state index contributed by atoms with van der Waals surface area (Å²) in [5.74, 6) is 0.581. The third kappa shape index (κ3) is 3.22. The van der Waals surface area contributed by atoms with Gasteiger partial charge >= 0.3 is 0 Å². The first-order chi connectivity index (χ1) is 10.2. The van der Waals surface area contributed by atoms with Gasteiger partial charge in [-0.05, 0) is 75.5 Å². The van der Waals surface area contributed by atoms with Gasteiger partial charge in [-0.15, -0.1) is 0 Å². The molecule has 4 heteroatoms. The molecule has 2 fully saturated rings. The number of hydrogen-bond acceptors (Lipinski definition) is 3. The van der Waals surface area contributed by atoms with E-state index in [1.165, 1.54) is 25.8 Å². The number of hydrogen-bond donors (Lipinski definition) is 1. The van der Waals surface area contributed by atoms with Gasteiger partial charge in [-0.3, -0.25) is 0 Å². The Morgan fingerprint density at radius 1 is 1.24 bits per heavy atom. The van der Waals surface area contributed by atoms with E-state index in [9.17, 15) is 4.39 Å². The van der Waals surface area contributed by atoms with E-state index >= 15 is 0 Å². The number of likely N-dealkylation sites (tertiary alicyclic amines) is 1. The number of halogens is 1. The van der Waals surface area contributed by atoms with Crippen LogP contribution in [0, 0.1) is 11.7 Å². The second kappa shape index (κ2) is 6.32. The average molecular weight is 291 g/mol. The molecule has 2 aliphatic rings. The first-order valence-corrected chi connectivity index (χ1v) is 8.12. The van der Waals surface area contributed by atoms with Crippen molar-refractivity contribution in [3.63, 3.8) is 0 Å². The first kappa shape index (κ1) is 14.8. The number of rotatable bonds is 3. The van der Waals surface area contributed by atoms with Gasteiger partial charge in [0.05, 0.1) is 0 Å². The lowest BCUT2D eigenvalue weighted by molar-refractivity contribution is 0.102. The van der Waals surface area contributed by atoms with E-state index in [1.54, 1.807) is 12.1 Å². The maximum absolute atomic E-state index is 13.8. The van der Waals surface area contributed by atoms with Crippen molar-refractivity contribution in [3.8, 4) is 0 Å². The molecule has 3 rings (SSSR count). The molecule has 0 spiro atoms. The van der Waals surface area contributed by atoms with Crippen molar-refractivity contribution in [2.45, 2.75) is 31.7 Å². The summed E-state index contributed by atoms with van der Waals surface area (Å²) in [5.41, 5.74) is 7.64. The number of nitrogens with two attached hydrogens (primary N) is 1. The van der Waals surface area contributed by atoms with Crippen LogP contribution in [0.25, 0.3) is 0 Å². The van der Waals surface area contributed by atoms with Crippen LogP contribution in [0.4, 0.5) is 10.1 Å². The molecule has 3 nitrogen and oxygen atoms in total. The molecule has 0 aromatic heterocycles. The van der Waals surface area contributed by atoms with Crippen molar-refractivity contribution < 1.29 is 4.39 Å². The Morgan fingerprint density at radius 3 is 2.90 bits per heavy atom. The molecule has 0 aliphatic carbocycles. The number of nitrogens with zero attached hydrogens (tertiary/aromatic N) is 2. The molecule has 0 radical (unpaired) electrons. The molecular formula is C17H26FN3. The normalized spacial score (nSPS) is 26.7. The van der Waals surface area contributed by atoms with Crippen molar-refractivity contribution in [2.24, 2.45) is 11.7 Å². The van der Waals surface area contributed by atoms with Crippen LogP contribution in [0.1, 0.15) is 24.8 Å². The average Bonchev–Trinajstić information content (AvgIpc) is 2.47. The Hall–Kier alpha value is -1.13. The smallest absolute Gasteiger partial charge is 0.125 e. The standard InChI is InChI=1S/C17H26FN3/c1-20-7-2-3-14-12-21(8-5-17(14)20)16-10-13(4-6-19)9-15(18)11-16/h9-11,14,17H,2-8,12,19H2,1H3. The molecule has 2 saturated heterocycles. The minimum atomic E-state index is -0.140.